The van der Waals surface area contributed by atoms with Crippen LogP contribution in [0, 0.1) is 10.1 Å². The monoisotopic (exact) mass is 364 g/mol. The van der Waals surface area contributed by atoms with Crippen molar-refractivity contribution in [3.63, 3.8) is 0 Å². The van der Waals surface area contributed by atoms with E-state index in [1.165, 1.54) is 25.3 Å². The van der Waals surface area contributed by atoms with Crippen LogP contribution in [0.2, 0.25) is 0 Å². The van der Waals surface area contributed by atoms with Gasteiger partial charge in [-0.2, -0.15) is 0 Å². The maximum atomic E-state index is 12.9. The van der Waals surface area contributed by atoms with Crippen LogP contribution in [0.4, 0.5) is 5.69 Å². The fourth-order valence-electron chi connectivity index (χ4n) is 3.06. The van der Waals surface area contributed by atoms with Gasteiger partial charge in [-0.1, -0.05) is 0 Å². The molecule has 2 amide bonds. The predicted molar refractivity (Wildman–Crippen MR) is 95.0 cm³/mol. The molecule has 1 aromatic rings. The van der Waals surface area contributed by atoms with Gasteiger partial charge in [-0.15, -0.1) is 0 Å². The molecule has 3 N–H and O–H groups in total. The number of hydrogen-bond acceptors (Lipinski definition) is 6. The van der Waals surface area contributed by atoms with Gasteiger partial charge >= 0.3 is 5.69 Å². The van der Waals surface area contributed by atoms with E-state index in [1.54, 1.807) is 4.90 Å². The van der Waals surface area contributed by atoms with E-state index < -0.39 is 4.92 Å². The Balaban J connectivity index is 2.16. The molecule has 0 radical (unpaired) electrons. The van der Waals surface area contributed by atoms with Gasteiger partial charge in [0.15, 0.2) is 5.75 Å². The Morgan fingerprint density at radius 2 is 2.19 bits per heavy atom. The minimum atomic E-state index is -0.573. The smallest absolute Gasteiger partial charge is 0.311 e. The average molecular weight is 364 g/mol. The maximum Gasteiger partial charge on any atom is 0.311 e. The Kier molecular flexibility index (Phi) is 6.90. The molecular weight excluding hydrogens is 340 g/mol. The van der Waals surface area contributed by atoms with E-state index in [9.17, 15) is 19.7 Å². The van der Waals surface area contributed by atoms with Crippen molar-refractivity contribution in [2.45, 2.75) is 31.7 Å². The number of nitrogens with two attached hydrogens (primary N) is 1. The van der Waals surface area contributed by atoms with E-state index in [0.717, 1.165) is 19.3 Å². The summed E-state index contributed by atoms with van der Waals surface area (Å²) in [5.41, 5.74) is 5.35. The Morgan fingerprint density at radius 3 is 2.85 bits per heavy atom. The molecule has 2 rings (SSSR count). The van der Waals surface area contributed by atoms with Crippen molar-refractivity contribution >= 4 is 17.5 Å². The molecular formula is C17H24N4O5. The van der Waals surface area contributed by atoms with Crippen LogP contribution in [0.15, 0.2) is 18.2 Å². The molecule has 9 heteroatoms. The fourth-order valence-corrected chi connectivity index (χ4v) is 3.06. The molecule has 1 aliphatic heterocycles. The van der Waals surface area contributed by atoms with E-state index in [4.69, 9.17) is 10.5 Å². The third-order valence-electron chi connectivity index (χ3n) is 4.42. The van der Waals surface area contributed by atoms with Crippen LogP contribution in [0.3, 0.4) is 0 Å². The van der Waals surface area contributed by atoms with Gasteiger partial charge in [0, 0.05) is 43.7 Å². The molecule has 1 aromatic carbocycles. The van der Waals surface area contributed by atoms with Crippen LogP contribution in [0.1, 0.15) is 36.0 Å². The molecule has 1 aliphatic rings. The number of likely N-dealkylation sites (tertiary alicyclic amines) is 1. The zero-order valence-corrected chi connectivity index (χ0v) is 14.8. The van der Waals surface area contributed by atoms with Gasteiger partial charge in [0.25, 0.3) is 5.91 Å². The van der Waals surface area contributed by atoms with Crippen LogP contribution >= 0.6 is 0 Å². The zero-order valence-electron chi connectivity index (χ0n) is 14.8. The number of hydrogen-bond donors (Lipinski definition) is 2. The van der Waals surface area contributed by atoms with E-state index >= 15 is 0 Å². The lowest BCUT2D eigenvalue weighted by molar-refractivity contribution is -0.385. The Morgan fingerprint density at radius 1 is 1.42 bits per heavy atom. The van der Waals surface area contributed by atoms with Crippen molar-refractivity contribution in [1.29, 1.82) is 0 Å². The number of nitrogens with one attached hydrogen (secondary N) is 1. The van der Waals surface area contributed by atoms with Crippen LogP contribution < -0.4 is 15.8 Å². The summed E-state index contributed by atoms with van der Waals surface area (Å²) < 4.78 is 4.97. The number of carbonyl (C=O) groups excluding carboxylic acids is 2. The first-order chi connectivity index (χ1) is 12.5. The van der Waals surface area contributed by atoms with E-state index in [-0.39, 0.29) is 47.8 Å². The van der Waals surface area contributed by atoms with Crippen LogP contribution in [0.5, 0.6) is 5.75 Å². The molecule has 0 saturated carbocycles. The summed E-state index contributed by atoms with van der Waals surface area (Å²) in [6, 6.07) is 4.04. The molecule has 0 spiro atoms. The summed E-state index contributed by atoms with van der Waals surface area (Å²) in [7, 11) is 1.34. The first-order valence-corrected chi connectivity index (χ1v) is 8.58. The van der Waals surface area contributed by atoms with Crippen molar-refractivity contribution in [2.24, 2.45) is 5.73 Å². The van der Waals surface area contributed by atoms with Crippen molar-refractivity contribution in [1.82, 2.24) is 10.2 Å². The Hall–Kier alpha value is -2.68. The number of nitro groups is 1. The number of rotatable bonds is 7. The minimum Gasteiger partial charge on any atom is -0.490 e. The molecule has 9 nitrogen and oxygen atoms in total. The third-order valence-corrected chi connectivity index (χ3v) is 4.42. The topological polar surface area (TPSA) is 128 Å². The second-order valence-corrected chi connectivity index (χ2v) is 6.13. The first kappa shape index (κ1) is 19.6. The minimum absolute atomic E-state index is 0.107. The summed E-state index contributed by atoms with van der Waals surface area (Å²) in [5, 5.41) is 14.0. The SMILES string of the molecule is COc1ccc(C(=O)N2CCCCC2CNC(=O)CCN)cc1[N+](=O)[O-]. The Bertz CT molecular complexity index is 679. The van der Waals surface area contributed by atoms with Crippen LogP contribution in [-0.4, -0.2) is 54.4 Å². The standard InChI is InChI=1S/C17H24N4O5/c1-26-15-6-5-12(10-14(15)21(24)25)17(23)20-9-3-2-4-13(20)11-19-16(22)7-8-18/h5-6,10,13H,2-4,7-9,11,18H2,1H3,(H,19,22). The van der Waals surface area contributed by atoms with E-state index in [0.29, 0.717) is 13.1 Å². The molecule has 1 fully saturated rings. The van der Waals surface area contributed by atoms with Gasteiger partial charge in [0.2, 0.25) is 5.91 Å². The highest BCUT2D eigenvalue weighted by Crippen LogP contribution is 2.29. The number of methoxy groups -OCH3 is 1. The number of piperidine rings is 1. The second kappa shape index (κ2) is 9.14. The summed E-state index contributed by atoms with van der Waals surface area (Å²) >= 11 is 0. The van der Waals surface area contributed by atoms with Crippen LogP contribution in [-0.2, 0) is 4.79 Å². The zero-order chi connectivity index (χ0) is 19.1. The van der Waals surface area contributed by atoms with E-state index in [1.807, 2.05) is 0 Å². The number of nitrogens with zero attached hydrogens (tertiary/aromatic N) is 2. The van der Waals surface area contributed by atoms with Gasteiger partial charge in [0.05, 0.1) is 12.0 Å². The van der Waals surface area contributed by atoms with Gasteiger partial charge in [-0.05, 0) is 31.4 Å². The summed E-state index contributed by atoms with van der Waals surface area (Å²) in [4.78, 5) is 36.8. The van der Waals surface area contributed by atoms with Crippen molar-refractivity contribution in [3.8, 4) is 5.75 Å². The molecule has 0 aliphatic carbocycles. The summed E-state index contributed by atoms with van der Waals surface area (Å²) in [6.07, 6.45) is 2.83. The Labute approximate surface area is 151 Å². The molecule has 0 aromatic heterocycles. The quantitative estimate of drug-likeness (QED) is 0.550. The van der Waals surface area contributed by atoms with Crippen molar-refractivity contribution in [3.05, 3.63) is 33.9 Å². The fraction of sp³-hybridized carbons (Fsp3) is 0.529. The van der Waals surface area contributed by atoms with Crippen LogP contribution in [0.25, 0.3) is 0 Å². The van der Waals surface area contributed by atoms with E-state index in [2.05, 4.69) is 5.32 Å². The lowest BCUT2D eigenvalue weighted by Gasteiger charge is -2.36. The molecule has 1 atom stereocenters. The van der Waals surface area contributed by atoms with Crippen molar-refractivity contribution in [2.75, 3.05) is 26.7 Å². The lowest BCUT2D eigenvalue weighted by Crippen LogP contribution is -2.49. The second-order valence-electron chi connectivity index (χ2n) is 6.13. The molecule has 1 unspecified atom stereocenters. The molecule has 26 heavy (non-hydrogen) atoms. The highest BCUT2D eigenvalue weighted by molar-refractivity contribution is 5.95. The number of benzene rings is 1. The third kappa shape index (κ3) is 4.69. The summed E-state index contributed by atoms with van der Waals surface area (Å²) in [6.45, 7) is 1.17. The average Bonchev–Trinajstić information content (AvgIpc) is 2.65. The van der Waals surface area contributed by atoms with Gasteiger partial charge in [0.1, 0.15) is 0 Å². The number of amides is 2. The molecule has 1 saturated heterocycles. The maximum absolute atomic E-state index is 12.9. The highest BCUT2D eigenvalue weighted by Gasteiger charge is 2.29. The van der Waals surface area contributed by atoms with Gasteiger partial charge in [-0.25, -0.2) is 0 Å². The predicted octanol–water partition coefficient (Wildman–Crippen LogP) is 1.06. The van der Waals surface area contributed by atoms with Crippen molar-refractivity contribution < 1.29 is 19.2 Å². The normalized spacial score (nSPS) is 16.8. The van der Waals surface area contributed by atoms with Gasteiger partial charge in [-0.3, -0.25) is 19.7 Å². The molecule has 0 bridgehead atoms. The summed E-state index contributed by atoms with van der Waals surface area (Å²) in [5.74, 6) is -0.324. The van der Waals surface area contributed by atoms with Gasteiger partial charge < -0.3 is 20.7 Å². The number of nitro benzene ring substituents is 1. The largest absolute Gasteiger partial charge is 0.490 e. The highest BCUT2D eigenvalue weighted by atomic mass is 16.6. The number of ether oxygens (including phenoxy) is 1. The molecule has 142 valence electrons. The number of carbonyl (C=O) groups is 2. The first-order valence-electron chi connectivity index (χ1n) is 8.58. The lowest BCUT2D eigenvalue weighted by atomic mass is 10.0. The molecule has 1 heterocycles.